The second-order valence-electron chi connectivity index (χ2n) is 5.90. The number of aryl methyl sites for hydroxylation is 1. The summed E-state index contributed by atoms with van der Waals surface area (Å²) in [6, 6.07) is 7.98. The quantitative estimate of drug-likeness (QED) is 0.665. The molecule has 0 radical (unpaired) electrons. The average molecular weight is 286 g/mol. The summed E-state index contributed by atoms with van der Waals surface area (Å²) in [5.41, 5.74) is 4.85. The SMILES string of the molecule is CCc1ccc(Oc2ccnc(NN)n2)c(C(C)(C)C)c1. The van der Waals surface area contributed by atoms with Crippen molar-refractivity contribution in [3.63, 3.8) is 0 Å². The van der Waals surface area contributed by atoms with Crippen LogP contribution in [0, 0.1) is 0 Å². The molecule has 2 aromatic rings. The highest BCUT2D eigenvalue weighted by Crippen LogP contribution is 2.34. The molecule has 0 atom stereocenters. The number of anilines is 1. The molecule has 112 valence electrons. The van der Waals surface area contributed by atoms with Crippen LogP contribution >= 0.6 is 0 Å². The molecule has 0 aliphatic carbocycles. The van der Waals surface area contributed by atoms with Crippen LogP contribution in [0.3, 0.4) is 0 Å². The van der Waals surface area contributed by atoms with E-state index in [0.717, 1.165) is 17.7 Å². The van der Waals surface area contributed by atoms with E-state index >= 15 is 0 Å². The van der Waals surface area contributed by atoms with Crippen molar-refractivity contribution in [1.82, 2.24) is 9.97 Å². The lowest BCUT2D eigenvalue weighted by molar-refractivity contribution is 0.439. The number of hydrogen-bond acceptors (Lipinski definition) is 5. The Morgan fingerprint density at radius 1 is 1.24 bits per heavy atom. The van der Waals surface area contributed by atoms with Gasteiger partial charge < -0.3 is 4.74 Å². The minimum atomic E-state index is -0.0114. The van der Waals surface area contributed by atoms with E-state index in [-0.39, 0.29) is 5.41 Å². The summed E-state index contributed by atoms with van der Waals surface area (Å²) in [6.07, 6.45) is 2.60. The topological polar surface area (TPSA) is 73.1 Å². The number of nitrogens with one attached hydrogen (secondary N) is 1. The molecular formula is C16H22N4O. The molecule has 1 aromatic heterocycles. The first-order valence-corrected chi connectivity index (χ1v) is 7.05. The summed E-state index contributed by atoms with van der Waals surface area (Å²) >= 11 is 0. The molecule has 1 aromatic carbocycles. The van der Waals surface area contributed by atoms with Gasteiger partial charge in [0, 0.05) is 17.8 Å². The summed E-state index contributed by atoms with van der Waals surface area (Å²) in [7, 11) is 0. The number of hydrogen-bond donors (Lipinski definition) is 2. The maximum Gasteiger partial charge on any atom is 0.240 e. The summed E-state index contributed by atoms with van der Waals surface area (Å²) < 4.78 is 5.93. The molecule has 0 aliphatic heterocycles. The molecule has 5 heteroatoms. The maximum atomic E-state index is 5.93. The Balaban J connectivity index is 2.39. The minimum Gasteiger partial charge on any atom is -0.439 e. The molecule has 0 spiro atoms. The molecule has 0 aliphatic rings. The van der Waals surface area contributed by atoms with E-state index in [0.29, 0.717) is 11.8 Å². The molecule has 0 fully saturated rings. The zero-order valence-corrected chi connectivity index (χ0v) is 13.0. The van der Waals surface area contributed by atoms with E-state index in [1.165, 1.54) is 5.56 Å². The lowest BCUT2D eigenvalue weighted by Gasteiger charge is -2.23. The van der Waals surface area contributed by atoms with Crippen LogP contribution in [0.5, 0.6) is 11.6 Å². The van der Waals surface area contributed by atoms with Gasteiger partial charge >= 0.3 is 0 Å². The normalized spacial score (nSPS) is 11.3. The fourth-order valence-electron chi connectivity index (χ4n) is 2.05. The van der Waals surface area contributed by atoms with Crippen LogP contribution in [0.1, 0.15) is 38.8 Å². The molecular weight excluding hydrogens is 264 g/mol. The van der Waals surface area contributed by atoms with Gasteiger partial charge in [0.25, 0.3) is 0 Å². The second-order valence-corrected chi connectivity index (χ2v) is 5.90. The molecule has 2 rings (SSSR count). The van der Waals surface area contributed by atoms with Crippen molar-refractivity contribution >= 4 is 5.95 Å². The molecule has 3 N–H and O–H groups in total. The van der Waals surface area contributed by atoms with Gasteiger partial charge in [-0.05, 0) is 23.5 Å². The first kappa shape index (κ1) is 15.3. The summed E-state index contributed by atoms with van der Waals surface area (Å²) in [5.74, 6) is 6.92. The Hall–Kier alpha value is -2.14. The van der Waals surface area contributed by atoms with E-state index in [1.807, 2.05) is 6.07 Å². The lowest BCUT2D eigenvalue weighted by Crippen LogP contribution is -2.14. The number of nitrogens with two attached hydrogens (primary N) is 1. The fraction of sp³-hybridized carbons (Fsp3) is 0.375. The van der Waals surface area contributed by atoms with Crippen molar-refractivity contribution in [2.75, 3.05) is 5.43 Å². The molecule has 0 amide bonds. The summed E-state index contributed by atoms with van der Waals surface area (Å²) in [6.45, 7) is 8.65. The Kier molecular flexibility index (Phi) is 4.43. The van der Waals surface area contributed by atoms with E-state index < -0.39 is 0 Å². The first-order chi connectivity index (χ1) is 9.94. The van der Waals surface area contributed by atoms with Crippen LogP contribution < -0.4 is 16.0 Å². The van der Waals surface area contributed by atoms with Crippen LogP contribution in [0.25, 0.3) is 0 Å². The van der Waals surface area contributed by atoms with Gasteiger partial charge in [-0.25, -0.2) is 10.8 Å². The van der Waals surface area contributed by atoms with Gasteiger partial charge in [-0.2, -0.15) is 4.98 Å². The standard InChI is InChI=1S/C16H22N4O/c1-5-11-6-7-13(12(10-11)16(2,3)4)21-14-8-9-18-15(19-14)20-17/h6-10H,5,17H2,1-4H3,(H,18,19,20). The summed E-state index contributed by atoms with van der Waals surface area (Å²) in [5, 5.41) is 0. The third-order valence-corrected chi connectivity index (χ3v) is 3.23. The van der Waals surface area contributed by atoms with Crippen LogP contribution in [0.15, 0.2) is 30.5 Å². The van der Waals surface area contributed by atoms with Crippen LogP contribution in [-0.4, -0.2) is 9.97 Å². The predicted molar refractivity (Wildman–Crippen MR) is 84.4 cm³/mol. The van der Waals surface area contributed by atoms with Crippen molar-refractivity contribution in [3.05, 3.63) is 41.6 Å². The van der Waals surface area contributed by atoms with E-state index in [4.69, 9.17) is 10.6 Å². The van der Waals surface area contributed by atoms with Gasteiger partial charge in [0.1, 0.15) is 5.75 Å². The maximum absolute atomic E-state index is 5.93. The fourth-order valence-corrected chi connectivity index (χ4v) is 2.05. The Bertz CT molecular complexity index is 620. The van der Waals surface area contributed by atoms with Crippen LogP contribution in [0.2, 0.25) is 0 Å². The monoisotopic (exact) mass is 286 g/mol. The van der Waals surface area contributed by atoms with E-state index in [2.05, 4.69) is 55.2 Å². The molecule has 0 bridgehead atoms. The molecule has 5 nitrogen and oxygen atoms in total. The third kappa shape index (κ3) is 3.70. The molecule has 21 heavy (non-hydrogen) atoms. The van der Waals surface area contributed by atoms with Crippen molar-refractivity contribution < 1.29 is 4.74 Å². The minimum absolute atomic E-state index is 0.0114. The highest BCUT2D eigenvalue weighted by molar-refractivity contribution is 5.43. The smallest absolute Gasteiger partial charge is 0.240 e. The van der Waals surface area contributed by atoms with Crippen molar-refractivity contribution in [3.8, 4) is 11.6 Å². The number of nitrogen functional groups attached to an aromatic ring is 1. The second kappa shape index (κ2) is 6.10. The number of nitrogens with zero attached hydrogens (tertiary/aromatic N) is 2. The molecule has 1 heterocycles. The van der Waals surface area contributed by atoms with Gasteiger partial charge in [0.15, 0.2) is 0 Å². The number of aromatic nitrogens is 2. The highest BCUT2D eigenvalue weighted by Gasteiger charge is 2.20. The van der Waals surface area contributed by atoms with Gasteiger partial charge in [0.05, 0.1) is 0 Å². The van der Waals surface area contributed by atoms with Crippen molar-refractivity contribution in [2.45, 2.75) is 39.5 Å². The summed E-state index contributed by atoms with van der Waals surface area (Å²) in [4.78, 5) is 8.15. The van der Waals surface area contributed by atoms with Crippen LogP contribution in [0.4, 0.5) is 5.95 Å². The number of hydrazine groups is 1. The molecule has 0 saturated carbocycles. The zero-order valence-electron chi connectivity index (χ0n) is 13.0. The van der Waals surface area contributed by atoms with Crippen molar-refractivity contribution in [2.24, 2.45) is 5.84 Å². The highest BCUT2D eigenvalue weighted by atomic mass is 16.5. The molecule has 0 unspecified atom stereocenters. The largest absolute Gasteiger partial charge is 0.439 e. The van der Waals surface area contributed by atoms with Crippen LogP contribution in [-0.2, 0) is 11.8 Å². The Morgan fingerprint density at radius 2 is 2.00 bits per heavy atom. The van der Waals surface area contributed by atoms with Gasteiger partial charge in [-0.15, -0.1) is 0 Å². The van der Waals surface area contributed by atoms with Gasteiger partial charge in [-0.1, -0.05) is 39.8 Å². The van der Waals surface area contributed by atoms with E-state index in [9.17, 15) is 0 Å². The number of ether oxygens (including phenoxy) is 1. The average Bonchev–Trinajstić information content (AvgIpc) is 2.46. The zero-order chi connectivity index (χ0) is 15.5. The third-order valence-electron chi connectivity index (χ3n) is 3.23. The Morgan fingerprint density at radius 3 is 2.62 bits per heavy atom. The molecule has 0 saturated heterocycles. The Labute approximate surface area is 125 Å². The van der Waals surface area contributed by atoms with Crippen molar-refractivity contribution in [1.29, 1.82) is 0 Å². The lowest BCUT2D eigenvalue weighted by atomic mass is 9.85. The number of rotatable bonds is 4. The number of benzene rings is 1. The first-order valence-electron chi connectivity index (χ1n) is 7.05. The van der Waals surface area contributed by atoms with Gasteiger partial charge in [-0.3, -0.25) is 5.43 Å². The predicted octanol–water partition coefficient (Wildman–Crippen LogP) is 3.41. The van der Waals surface area contributed by atoms with Gasteiger partial charge in [0.2, 0.25) is 11.8 Å². The van der Waals surface area contributed by atoms with E-state index in [1.54, 1.807) is 12.3 Å².